The second-order valence-corrected chi connectivity index (χ2v) is 8.11. The first-order valence-electron chi connectivity index (χ1n) is 12.0. The fraction of sp³-hybridized carbons (Fsp3) is 0.556. The first-order valence-corrected chi connectivity index (χ1v) is 12.0. The van der Waals surface area contributed by atoms with E-state index in [-0.39, 0.29) is 35.5 Å². The van der Waals surface area contributed by atoms with Gasteiger partial charge in [0.2, 0.25) is 0 Å². The molecular weight excluding hydrogens is 468 g/mol. The van der Waals surface area contributed by atoms with E-state index in [1.54, 1.807) is 6.08 Å². The average Bonchev–Trinajstić information content (AvgIpc) is 2.83. The van der Waals surface area contributed by atoms with Crippen molar-refractivity contribution in [2.45, 2.75) is 66.7 Å². The molecule has 0 heterocycles. The Balaban J connectivity index is 0. The summed E-state index contributed by atoms with van der Waals surface area (Å²) in [7, 11) is 0. The van der Waals surface area contributed by atoms with Crippen molar-refractivity contribution >= 4 is 23.9 Å². The highest BCUT2D eigenvalue weighted by atomic mass is 16.6. The van der Waals surface area contributed by atoms with Gasteiger partial charge in [-0.3, -0.25) is 0 Å². The van der Waals surface area contributed by atoms with Crippen molar-refractivity contribution in [3.63, 3.8) is 0 Å². The molecule has 1 unspecified atom stereocenters. The zero-order valence-electron chi connectivity index (χ0n) is 22.3. The van der Waals surface area contributed by atoms with E-state index in [1.165, 1.54) is 26.8 Å². The van der Waals surface area contributed by atoms with Gasteiger partial charge < -0.3 is 24.4 Å². The molecule has 9 nitrogen and oxygen atoms in total. The third kappa shape index (κ3) is 17.5. The maximum atomic E-state index is 12.4. The van der Waals surface area contributed by atoms with E-state index in [4.69, 9.17) is 14.9 Å². The van der Waals surface area contributed by atoms with Gasteiger partial charge in [-0.1, -0.05) is 58.8 Å². The van der Waals surface area contributed by atoms with Crippen molar-refractivity contribution in [3.8, 4) is 0 Å². The van der Waals surface area contributed by atoms with Crippen molar-refractivity contribution in [1.82, 2.24) is 0 Å². The summed E-state index contributed by atoms with van der Waals surface area (Å²) in [5.41, 5.74) is 0.230. The van der Waals surface area contributed by atoms with Gasteiger partial charge in [-0.05, 0) is 39.2 Å². The van der Waals surface area contributed by atoms with Crippen LogP contribution in [0.2, 0.25) is 0 Å². The van der Waals surface area contributed by atoms with Crippen LogP contribution in [0.5, 0.6) is 0 Å². The van der Waals surface area contributed by atoms with Gasteiger partial charge in [-0.25, -0.2) is 19.2 Å². The molecule has 0 bridgehead atoms. The number of hydrogen-bond acceptors (Lipinski definition) is 9. The summed E-state index contributed by atoms with van der Waals surface area (Å²) in [6, 6.07) is 0. The highest BCUT2D eigenvalue weighted by Gasteiger charge is 2.19. The average molecular weight is 511 g/mol. The van der Waals surface area contributed by atoms with Gasteiger partial charge in [-0.15, -0.1) is 0 Å². The van der Waals surface area contributed by atoms with E-state index in [1.807, 2.05) is 0 Å². The highest BCUT2D eigenvalue weighted by molar-refractivity contribution is 6.05. The Labute approximate surface area is 214 Å². The molecule has 2 N–H and O–H groups in total. The van der Waals surface area contributed by atoms with Crippen LogP contribution in [0.1, 0.15) is 66.7 Å². The summed E-state index contributed by atoms with van der Waals surface area (Å²) < 4.78 is 14.1. The smallest absolute Gasteiger partial charge is 0.345 e. The molecule has 0 spiro atoms. The Morgan fingerprint density at radius 1 is 0.833 bits per heavy atom. The van der Waals surface area contributed by atoms with Crippen molar-refractivity contribution in [1.29, 1.82) is 0 Å². The Bertz CT molecular complexity index is 802. The number of esters is 4. The number of hydrogen-bond donors (Lipinski definition) is 2. The van der Waals surface area contributed by atoms with E-state index in [0.717, 1.165) is 25.7 Å². The molecule has 0 amide bonds. The number of aliphatic hydroxyl groups excluding tert-OH is 2. The zero-order valence-corrected chi connectivity index (χ0v) is 22.3. The molecule has 204 valence electrons. The lowest BCUT2D eigenvalue weighted by molar-refractivity contribution is -0.155. The van der Waals surface area contributed by atoms with Gasteiger partial charge in [0.05, 0.1) is 32.0 Å². The van der Waals surface area contributed by atoms with Crippen LogP contribution >= 0.6 is 0 Å². The minimum Gasteiger partial charge on any atom is -0.394 e. The topological polar surface area (TPSA) is 136 Å². The summed E-state index contributed by atoms with van der Waals surface area (Å²) in [4.78, 5) is 47.7. The number of carbonyl (C=O) groups excluding carboxylic acids is 4. The second kappa shape index (κ2) is 21.4. The van der Waals surface area contributed by atoms with Gasteiger partial charge in [0.15, 0.2) is 0 Å². The zero-order chi connectivity index (χ0) is 28.1. The Morgan fingerprint density at radius 3 is 1.75 bits per heavy atom. The van der Waals surface area contributed by atoms with Crippen LogP contribution in [-0.4, -0.2) is 60.5 Å². The molecule has 36 heavy (non-hydrogen) atoms. The molecule has 0 aromatic heterocycles. The second-order valence-electron chi connectivity index (χ2n) is 8.11. The van der Waals surface area contributed by atoms with E-state index in [2.05, 4.69) is 36.5 Å². The summed E-state index contributed by atoms with van der Waals surface area (Å²) >= 11 is 0. The Hall–Kier alpha value is -2.88. The van der Waals surface area contributed by atoms with Crippen molar-refractivity contribution < 1.29 is 43.6 Å². The summed E-state index contributed by atoms with van der Waals surface area (Å²) in [5, 5.41) is 16.2. The number of aliphatic hydroxyl groups is 2. The van der Waals surface area contributed by atoms with Crippen LogP contribution in [0.3, 0.4) is 0 Å². The van der Waals surface area contributed by atoms with Crippen LogP contribution in [0.4, 0.5) is 0 Å². The SMILES string of the molecule is C=C(C)C(=O)OC(=O)C(C)=CC(=CCC(CC)CCCC)C(=O)OC(=O)C(=C)C.OCCOCCO. The molecule has 0 aliphatic heterocycles. The maximum Gasteiger partial charge on any atom is 0.345 e. The van der Waals surface area contributed by atoms with Crippen LogP contribution in [0.25, 0.3) is 0 Å². The molecule has 0 fully saturated rings. The van der Waals surface area contributed by atoms with Gasteiger partial charge in [0.25, 0.3) is 0 Å². The van der Waals surface area contributed by atoms with Gasteiger partial charge in [0, 0.05) is 16.7 Å². The lowest BCUT2D eigenvalue weighted by atomic mass is 9.94. The molecule has 0 aliphatic rings. The monoisotopic (exact) mass is 510 g/mol. The van der Waals surface area contributed by atoms with Gasteiger partial charge >= 0.3 is 23.9 Å². The molecule has 0 saturated heterocycles. The van der Waals surface area contributed by atoms with E-state index in [9.17, 15) is 19.2 Å². The largest absolute Gasteiger partial charge is 0.394 e. The molecule has 0 radical (unpaired) electrons. The molecular formula is C27H42O9. The fourth-order valence-electron chi connectivity index (χ4n) is 2.48. The summed E-state index contributed by atoms with van der Waals surface area (Å²) in [6.45, 7) is 16.0. The molecule has 1 atom stereocenters. The van der Waals surface area contributed by atoms with Crippen LogP contribution in [0.15, 0.2) is 47.6 Å². The third-order valence-electron chi connectivity index (χ3n) is 4.68. The lowest BCUT2D eigenvalue weighted by Crippen LogP contribution is -2.16. The van der Waals surface area contributed by atoms with Crippen LogP contribution in [0, 0.1) is 5.92 Å². The number of allylic oxidation sites excluding steroid dienone is 1. The van der Waals surface area contributed by atoms with Crippen molar-refractivity contribution in [2.24, 2.45) is 5.92 Å². The minimum absolute atomic E-state index is 0.0205. The standard InChI is InChI=1S/C23H32O6.C4H10O3/c1-8-10-11-18(9-2)12-13-19(23(27)29-21(25)16(5)6)14-17(7)22(26)28-20(24)15(3)4;5-1-3-7-4-2-6/h13-14,18H,3,5,8-12H2,1-2,4,6-7H3;5-6H,1-4H2. The first-order chi connectivity index (χ1) is 16.9. The quantitative estimate of drug-likeness (QED) is 0.111. The van der Waals surface area contributed by atoms with E-state index >= 15 is 0 Å². The van der Waals surface area contributed by atoms with Gasteiger partial charge in [0.1, 0.15) is 0 Å². The minimum atomic E-state index is -0.902. The van der Waals surface area contributed by atoms with E-state index < -0.39 is 23.9 Å². The van der Waals surface area contributed by atoms with Crippen LogP contribution < -0.4 is 0 Å². The predicted octanol–water partition coefficient (Wildman–Crippen LogP) is 3.75. The molecule has 0 saturated carbocycles. The summed E-state index contributed by atoms with van der Waals surface area (Å²) in [6.07, 6.45) is 7.58. The molecule has 0 rings (SSSR count). The molecule has 0 aromatic rings. The van der Waals surface area contributed by atoms with E-state index in [0.29, 0.717) is 25.6 Å². The Morgan fingerprint density at radius 2 is 1.33 bits per heavy atom. The number of unbranched alkanes of at least 4 members (excludes halogenated alkanes) is 1. The maximum absolute atomic E-state index is 12.4. The Kier molecular flexibility index (Phi) is 21.0. The molecule has 9 heteroatoms. The number of ether oxygens (including phenoxy) is 3. The third-order valence-corrected chi connectivity index (χ3v) is 4.68. The predicted molar refractivity (Wildman–Crippen MR) is 137 cm³/mol. The lowest BCUT2D eigenvalue weighted by Gasteiger charge is -2.12. The van der Waals surface area contributed by atoms with Crippen LogP contribution in [-0.2, 0) is 33.4 Å². The number of carbonyl (C=O) groups is 4. The molecule has 0 aliphatic carbocycles. The normalized spacial score (nSPS) is 12.1. The highest BCUT2D eigenvalue weighted by Crippen LogP contribution is 2.19. The fourth-order valence-corrected chi connectivity index (χ4v) is 2.48. The first kappa shape index (κ1) is 35.3. The van der Waals surface area contributed by atoms with Crippen molar-refractivity contribution in [2.75, 3.05) is 26.4 Å². The van der Waals surface area contributed by atoms with Crippen molar-refractivity contribution in [3.05, 3.63) is 47.6 Å². The molecule has 0 aromatic carbocycles. The summed E-state index contributed by atoms with van der Waals surface area (Å²) in [5.74, 6) is -3.12. The van der Waals surface area contributed by atoms with Gasteiger partial charge in [-0.2, -0.15) is 0 Å². The number of rotatable bonds is 15.